The summed E-state index contributed by atoms with van der Waals surface area (Å²) in [6.45, 7) is 0.748. The predicted molar refractivity (Wildman–Crippen MR) is 102 cm³/mol. The second kappa shape index (κ2) is 7.19. The smallest absolute Gasteiger partial charge is 0.165 e. The number of aliphatic hydroxyl groups is 1. The number of aromatic nitrogens is 4. The van der Waals surface area contributed by atoms with Gasteiger partial charge in [-0.1, -0.05) is 31.4 Å². The van der Waals surface area contributed by atoms with E-state index < -0.39 is 5.60 Å². The van der Waals surface area contributed by atoms with Crippen molar-refractivity contribution in [2.24, 2.45) is 0 Å². The van der Waals surface area contributed by atoms with Crippen LogP contribution in [0.15, 0.2) is 24.3 Å². The van der Waals surface area contributed by atoms with Gasteiger partial charge in [-0.05, 0) is 66.6 Å². The second-order valence-corrected chi connectivity index (χ2v) is 8.84. The summed E-state index contributed by atoms with van der Waals surface area (Å²) in [5.74, 6) is 0.693. The van der Waals surface area contributed by atoms with Gasteiger partial charge < -0.3 is 5.11 Å². The number of rotatable bonds is 4. The average Bonchev–Trinajstić information content (AvgIpc) is 3.26. The third-order valence-corrected chi connectivity index (χ3v) is 7.10. The Bertz CT molecular complexity index is 802. The molecule has 150 valence electrons. The SMILES string of the molecule is OC1(c2ccc(F)cc2)C[C@H]2CC[C@@H](C1)N2Cc1nnnn1C1CCCCC1. The van der Waals surface area contributed by atoms with Crippen LogP contribution in [0.5, 0.6) is 0 Å². The van der Waals surface area contributed by atoms with Crippen molar-refractivity contribution < 1.29 is 9.50 Å². The fourth-order valence-electron chi connectivity index (χ4n) is 5.66. The molecule has 3 aliphatic rings. The summed E-state index contributed by atoms with van der Waals surface area (Å²) < 4.78 is 15.4. The molecule has 5 rings (SSSR count). The Morgan fingerprint density at radius 1 is 0.964 bits per heavy atom. The topological polar surface area (TPSA) is 67.1 Å². The van der Waals surface area contributed by atoms with Crippen LogP contribution in [-0.2, 0) is 12.1 Å². The minimum absolute atomic E-state index is 0.262. The fourth-order valence-corrected chi connectivity index (χ4v) is 5.66. The first-order chi connectivity index (χ1) is 13.6. The highest BCUT2D eigenvalue weighted by atomic mass is 19.1. The molecule has 28 heavy (non-hydrogen) atoms. The van der Waals surface area contributed by atoms with Crippen molar-refractivity contribution in [2.45, 2.75) is 88.1 Å². The lowest BCUT2D eigenvalue weighted by atomic mass is 9.80. The quantitative estimate of drug-likeness (QED) is 0.874. The number of benzene rings is 1. The molecule has 3 fully saturated rings. The van der Waals surface area contributed by atoms with Gasteiger partial charge in [0, 0.05) is 12.1 Å². The van der Waals surface area contributed by atoms with E-state index in [1.165, 1.54) is 31.4 Å². The Morgan fingerprint density at radius 2 is 1.64 bits per heavy atom. The first-order valence-electron chi connectivity index (χ1n) is 10.6. The highest BCUT2D eigenvalue weighted by Gasteiger charge is 2.48. The Hall–Kier alpha value is -1.86. The molecule has 1 saturated carbocycles. The number of hydrogen-bond acceptors (Lipinski definition) is 5. The third kappa shape index (κ3) is 3.24. The molecule has 1 aromatic heterocycles. The molecule has 3 heterocycles. The minimum atomic E-state index is -0.870. The van der Waals surface area contributed by atoms with Crippen molar-refractivity contribution in [3.8, 4) is 0 Å². The number of halogens is 1. The summed E-state index contributed by atoms with van der Waals surface area (Å²) in [4.78, 5) is 2.49. The Kier molecular flexibility index (Phi) is 4.67. The van der Waals surface area contributed by atoms with Gasteiger partial charge in [0.05, 0.1) is 18.2 Å². The molecule has 0 amide bonds. The maximum absolute atomic E-state index is 13.3. The van der Waals surface area contributed by atoms with Crippen molar-refractivity contribution in [2.75, 3.05) is 0 Å². The van der Waals surface area contributed by atoms with Crippen molar-refractivity contribution in [1.82, 2.24) is 25.1 Å². The lowest BCUT2D eigenvalue weighted by Crippen LogP contribution is -2.49. The second-order valence-electron chi connectivity index (χ2n) is 8.84. The van der Waals surface area contributed by atoms with E-state index in [2.05, 4.69) is 25.1 Å². The van der Waals surface area contributed by atoms with E-state index in [0.29, 0.717) is 31.0 Å². The molecular weight excluding hydrogens is 357 g/mol. The van der Waals surface area contributed by atoms with Crippen LogP contribution in [0.25, 0.3) is 0 Å². The molecule has 2 aliphatic heterocycles. The lowest BCUT2D eigenvalue weighted by molar-refractivity contribution is -0.0606. The van der Waals surface area contributed by atoms with Crippen LogP contribution < -0.4 is 0 Å². The zero-order valence-electron chi connectivity index (χ0n) is 16.2. The normalized spacial score (nSPS) is 31.4. The van der Waals surface area contributed by atoms with E-state index in [0.717, 1.165) is 43.6 Å². The Labute approximate surface area is 164 Å². The molecule has 0 spiro atoms. The zero-order valence-corrected chi connectivity index (χ0v) is 16.2. The number of piperidine rings is 1. The molecule has 6 nitrogen and oxygen atoms in total. The Morgan fingerprint density at radius 3 is 2.32 bits per heavy atom. The molecule has 0 radical (unpaired) electrons. The molecule has 2 aromatic rings. The number of hydrogen-bond donors (Lipinski definition) is 1. The van der Waals surface area contributed by atoms with E-state index in [9.17, 15) is 9.50 Å². The highest BCUT2D eigenvalue weighted by Crippen LogP contribution is 2.46. The number of fused-ring (bicyclic) bond motifs is 2. The standard InChI is InChI=1S/C21H28FN5O/c22-16-8-6-15(7-9-16)21(28)12-18-10-11-19(13-21)26(18)14-20-23-24-25-27(20)17-4-2-1-3-5-17/h6-9,17-19,28H,1-5,10-14H2/t18-,19+,21?. The molecule has 3 atom stereocenters. The fraction of sp³-hybridized carbons (Fsp3) is 0.667. The van der Waals surface area contributed by atoms with E-state index >= 15 is 0 Å². The van der Waals surface area contributed by atoms with E-state index in [-0.39, 0.29) is 5.82 Å². The van der Waals surface area contributed by atoms with E-state index in [1.54, 1.807) is 12.1 Å². The molecule has 2 saturated heterocycles. The first-order valence-corrected chi connectivity index (χ1v) is 10.6. The van der Waals surface area contributed by atoms with Crippen LogP contribution in [0.4, 0.5) is 4.39 Å². The minimum Gasteiger partial charge on any atom is -0.385 e. The summed E-state index contributed by atoms with van der Waals surface area (Å²) in [6, 6.07) is 7.40. The van der Waals surface area contributed by atoms with Crippen molar-refractivity contribution in [3.05, 3.63) is 41.5 Å². The zero-order chi connectivity index (χ0) is 19.1. The summed E-state index contributed by atoms with van der Waals surface area (Å²) >= 11 is 0. The molecule has 1 unspecified atom stereocenters. The van der Waals surface area contributed by atoms with Gasteiger partial charge in [0.15, 0.2) is 5.82 Å². The molecule has 7 heteroatoms. The van der Waals surface area contributed by atoms with Crippen LogP contribution in [0.1, 0.15) is 75.2 Å². The van der Waals surface area contributed by atoms with Crippen LogP contribution in [0.2, 0.25) is 0 Å². The molecule has 2 bridgehead atoms. The molecule has 1 N–H and O–H groups in total. The first kappa shape index (κ1) is 18.2. The summed E-state index contributed by atoms with van der Waals surface area (Å²) in [5, 5.41) is 23.9. The van der Waals surface area contributed by atoms with Crippen molar-refractivity contribution in [1.29, 1.82) is 0 Å². The molecule has 1 aromatic carbocycles. The average molecular weight is 385 g/mol. The van der Waals surface area contributed by atoms with Gasteiger partial charge in [-0.2, -0.15) is 0 Å². The maximum Gasteiger partial charge on any atom is 0.165 e. The van der Waals surface area contributed by atoms with Gasteiger partial charge in [0.2, 0.25) is 0 Å². The third-order valence-electron chi connectivity index (χ3n) is 7.10. The van der Waals surface area contributed by atoms with Gasteiger partial charge in [-0.3, -0.25) is 4.90 Å². The van der Waals surface area contributed by atoms with Gasteiger partial charge in [-0.25, -0.2) is 9.07 Å². The Balaban J connectivity index is 1.33. The summed E-state index contributed by atoms with van der Waals surface area (Å²) in [7, 11) is 0. The summed E-state index contributed by atoms with van der Waals surface area (Å²) in [5.41, 5.74) is -0.0387. The molecular formula is C21H28FN5O. The van der Waals surface area contributed by atoms with Crippen molar-refractivity contribution >= 4 is 0 Å². The van der Waals surface area contributed by atoms with E-state index in [4.69, 9.17) is 0 Å². The lowest BCUT2D eigenvalue weighted by Gasteiger charge is -2.44. The molecule has 1 aliphatic carbocycles. The highest BCUT2D eigenvalue weighted by molar-refractivity contribution is 5.25. The van der Waals surface area contributed by atoms with Gasteiger partial charge in [0.25, 0.3) is 0 Å². The monoisotopic (exact) mass is 385 g/mol. The largest absolute Gasteiger partial charge is 0.385 e. The summed E-state index contributed by atoms with van der Waals surface area (Å²) in [6.07, 6.45) is 9.67. The predicted octanol–water partition coefficient (Wildman–Crippen LogP) is 3.33. The van der Waals surface area contributed by atoms with Gasteiger partial charge in [0.1, 0.15) is 5.82 Å². The van der Waals surface area contributed by atoms with E-state index in [1.807, 2.05) is 0 Å². The van der Waals surface area contributed by atoms with Gasteiger partial charge >= 0.3 is 0 Å². The number of nitrogens with zero attached hydrogens (tertiary/aromatic N) is 5. The maximum atomic E-state index is 13.3. The van der Waals surface area contributed by atoms with Gasteiger partial charge in [-0.15, -0.1) is 5.10 Å². The van der Waals surface area contributed by atoms with Crippen LogP contribution in [0, 0.1) is 5.82 Å². The van der Waals surface area contributed by atoms with Crippen LogP contribution in [0.3, 0.4) is 0 Å². The number of tetrazole rings is 1. The van der Waals surface area contributed by atoms with Crippen LogP contribution >= 0.6 is 0 Å². The van der Waals surface area contributed by atoms with Crippen LogP contribution in [-0.4, -0.2) is 42.3 Å². The van der Waals surface area contributed by atoms with Crippen molar-refractivity contribution in [3.63, 3.8) is 0 Å².